The number of hydrogen-bond acceptors (Lipinski definition) is 5. The number of rotatable bonds is 5. The molecule has 1 aromatic heterocycles. The third kappa shape index (κ3) is 3.82. The van der Waals surface area contributed by atoms with E-state index < -0.39 is 15.8 Å². The van der Waals surface area contributed by atoms with E-state index in [2.05, 4.69) is 0 Å². The van der Waals surface area contributed by atoms with Crippen molar-refractivity contribution in [3.63, 3.8) is 0 Å². The van der Waals surface area contributed by atoms with E-state index in [-0.39, 0.29) is 21.7 Å². The molecule has 0 spiro atoms. The van der Waals surface area contributed by atoms with Gasteiger partial charge in [0.15, 0.2) is 9.84 Å². The summed E-state index contributed by atoms with van der Waals surface area (Å²) >= 11 is 0.926. The van der Waals surface area contributed by atoms with Crippen LogP contribution in [0.15, 0.2) is 41.3 Å². The lowest BCUT2D eigenvalue weighted by atomic mass is 10.1. The predicted molar refractivity (Wildman–Crippen MR) is 91.3 cm³/mol. The number of sulfone groups is 1. The van der Waals surface area contributed by atoms with Crippen LogP contribution in [0, 0.1) is 0 Å². The molecule has 2 aromatic rings. The highest BCUT2D eigenvalue weighted by Gasteiger charge is 2.21. The van der Waals surface area contributed by atoms with Crippen LogP contribution in [0.2, 0.25) is 0 Å². The molecule has 128 valence electrons. The van der Waals surface area contributed by atoms with Crippen LogP contribution in [0.4, 0.5) is 0 Å². The zero-order chi connectivity index (χ0) is 18.1. The Morgan fingerprint density at radius 1 is 1.08 bits per heavy atom. The van der Waals surface area contributed by atoms with Gasteiger partial charge in [0, 0.05) is 13.3 Å². The molecule has 0 aliphatic rings. The number of hydrogen-bond donors (Lipinski definition) is 1. The molecular weight excluding hydrogens is 350 g/mol. The van der Waals surface area contributed by atoms with Gasteiger partial charge in [-0.15, -0.1) is 11.3 Å². The van der Waals surface area contributed by atoms with Crippen LogP contribution in [0.5, 0.6) is 0 Å². The summed E-state index contributed by atoms with van der Waals surface area (Å²) in [7, 11) is -1.64. The number of benzene rings is 1. The quantitative estimate of drug-likeness (QED) is 0.877. The van der Waals surface area contributed by atoms with Gasteiger partial charge in [-0.25, -0.2) is 13.2 Å². The molecule has 0 bridgehead atoms. The van der Waals surface area contributed by atoms with Crippen molar-refractivity contribution >= 4 is 33.1 Å². The summed E-state index contributed by atoms with van der Waals surface area (Å²) in [5.41, 5.74) is 0.785. The molecular formula is C16H17NO5S2. The van der Waals surface area contributed by atoms with E-state index in [1.165, 1.54) is 29.2 Å². The molecule has 1 aromatic carbocycles. The van der Waals surface area contributed by atoms with Crippen molar-refractivity contribution in [2.45, 2.75) is 17.9 Å². The number of amides is 1. The van der Waals surface area contributed by atoms with E-state index in [0.29, 0.717) is 4.88 Å². The lowest BCUT2D eigenvalue weighted by Gasteiger charge is -2.25. The highest BCUT2D eigenvalue weighted by atomic mass is 32.2. The Morgan fingerprint density at radius 3 is 2.08 bits per heavy atom. The van der Waals surface area contributed by atoms with Gasteiger partial charge in [-0.1, -0.05) is 12.1 Å². The molecule has 8 heteroatoms. The molecule has 0 fully saturated rings. The Hall–Kier alpha value is -2.19. The van der Waals surface area contributed by atoms with Gasteiger partial charge in [0.2, 0.25) is 0 Å². The fourth-order valence-electron chi connectivity index (χ4n) is 2.13. The average molecular weight is 367 g/mol. The third-order valence-corrected chi connectivity index (χ3v) is 5.91. The van der Waals surface area contributed by atoms with Crippen molar-refractivity contribution in [3.8, 4) is 0 Å². The number of carbonyl (C=O) groups excluding carboxylic acids is 1. The predicted octanol–water partition coefficient (Wildman–Crippen LogP) is 2.68. The van der Waals surface area contributed by atoms with Crippen molar-refractivity contribution in [1.29, 1.82) is 0 Å². The Morgan fingerprint density at radius 2 is 1.62 bits per heavy atom. The van der Waals surface area contributed by atoms with Crippen molar-refractivity contribution in [3.05, 3.63) is 51.7 Å². The maximum atomic E-state index is 12.5. The van der Waals surface area contributed by atoms with Crippen molar-refractivity contribution in [2.24, 2.45) is 0 Å². The molecule has 2 rings (SSSR count). The summed E-state index contributed by atoms with van der Waals surface area (Å²) in [5.74, 6) is -1.35. The Bertz CT molecular complexity index is 868. The van der Waals surface area contributed by atoms with E-state index in [1.54, 1.807) is 19.2 Å². The van der Waals surface area contributed by atoms with Gasteiger partial charge in [-0.05, 0) is 36.8 Å². The monoisotopic (exact) mass is 367 g/mol. The normalized spacial score (nSPS) is 12.6. The summed E-state index contributed by atoms with van der Waals surface area (Å²) in [4.78, 5) is 25.5. The van der Waals surface area contributed by atoms with E-state index in [1.807, 2.05) is 6.92 Å². The Kier molecular flexibility index (Phi) is 5.10. The standard InChI is InChI=1S/C16H17NO5S2/c1-10(11-4-6-12(7-5-11)24(3,21)22)17(2)15(18)13-8-9-14(23-13)16(19)20/h4-10H,1-3H3,(H,19,20). The van der Waals surface area contributed by atoms with E-state index >= 15 is 0 Å². The number of carboxylic acids is 1. The minimum atomic E-state index is -3.26. The molecule has 0 saturated heterocycles. The molecule has 1 unspecified atom stereocenters. The molecule has 0 radical (unpaired) electrons. The second kappa shape index (κ2) is 6.74. The fourth-order valence-corrected chi connectivity index (χ4v) is 3.59. The maximum Gasteiger partial charge on any atom is 0.345 e. The highest BCUT2D eigenvalue weighted by molar-refractivity contribution is 7.90. The topological polar surface area (TPSA) is 91.8 Å². The first-order valence-electron chi connectivity index (χ1n) is 7.01. The average Bonchev–Trinajstić information content (AvgIpc) is 3.02. The molecule has 1 atom stereocenters. The van der Waals surface area contributed by atoms with Crippen LogP contribution in [0.1, 0.15) is 37.9 Å². The number of thiophene rings is 1. The van der Waals surface area contributed by atoms with Gasteiger partial charge in [0.25, 0.3) is 5.91 Å². The number of aromatic carboxylic acids is 1. The zero-order valence-corrected chi connectivity index (χ0v) is 15.0. The number of nitrogens with zero attached hydrogens (tertiary/aromatic N) is 1. The zero-order valence-electron chi connectivity index (χ0n) is 13.4. The first kappa shape index (κ1) is 18.2. The Labute approximate surface area is 144 Å². The molecule has 0 saturated carbocycles. The molecule has 6 nitrogen and oxygen atoms in total. The van der Waals surface area contributed by atoms with Gasteiger partial charge in [-0.3, -0.25) is 4.79 Å². The van der Waals surface area contributed by atoms with Crippen LogP contribution in [0.3, 0.4) is 0 Å². The second-order valence-electron chi connectivity index (χ2n) is 5.40. The number of carboxylic acid groups (broad SMARTS) is 1. The van der Waals surface area contributed by atoms with E-state index in [9.17, 15) is 18.0 Å². The molecule has 1 heterocycles. The maximum absolute atomic E-state index is 12.5. The van der Waals surface area contributed by atoms with Gasteiger partial charge >= 0.3 is 5.97 Å². The molecule has 0 aliphatic carbocycles. The van der Waals surface area contributed by atoms with Crippen molar-refractivity contribution in [1.82, 2.24) is 4.90 Å². The van der Waals surface area contributed by atoms with Crippen molar-refractivity contribution < 1.29 is 23.1 Å². The molecule has 1 amide bonds. The van der Waals surface area contributed by atoms with Gasteiger partial charge < -0.3 is 10.0 Å². The summed E-state index contributed by atoms with van der Waals surface area (Å²) in [6.45, 7) is 1.82. The van der Waals surface area contributed by atoms with Crippen LogP contribution in [-0.2, 0) is 9.84 Å². The summed E-state index contributed by atoms with van der Waals surface area (Å²) in [6.07, 6.45) is 1.14. The molecule has 0 aliphatic heterocycles. The largest absolute Gasteiger partial charge is 0.477 e. The molecule has 1 N–H and O–H groups in total. The third-order valence-electron chi connectivity index (χ3n) is 3.72. The van der Waals surface area contributed by atoms with Crippen LogP contribution < -0.4 is 0 Å². The summed E-state index contributed by atoms with van der Waals surface area (Å²) in [6, 6.07) is 8.96. The smallest absolute Gasteiger partial charge is 0.345 e. The Balaban J connectivity index is 2.20. The van der Waals surface area contributed by atoms with Crippen LogP contribution >= 0.6 is 11.3 Å². The van der Waals surface area contributed by atoms with E-state index in [0.717, 1.165) is 23.2 Å². The minimum Gasteiger partial charge on any atom is -0.477 e. The minimum absolute atomic E-state index is 0.108. The summed E-state index contributed by atoms with van der Waals surface area (Å²) < 4.78 is 23.0. The van der Waals surface area contributed by atoms with Crippen LogP contribution in [0.25, 0.3) is 0 Å². The SMILES string of the molecule is CC(c1ccc(S(C)(=O)=O)cc1)N(C)C(=O)c1ccc(C(=O)O)s1. The van der Waals surface area contributed by atoms with Gasteiger partial charge in [0.1, 0.15) is 4.88 Å². The van der Waals surface area contributed by atoms with Gasteiger partial charge in [0.05, 0.1) is 15.8 Å². The lowest BCUT2D eigenvalue weighted by Crippen LogP contribution is -2.29. The first-order chi connectivity index (χ1) is 11.1. The first-order valence-corrected chi connectivity index (χ1v) is 9.72. The fraction of sp³-hybridized carbons (Fsp3) is 0.250. The lowest BCUT2D eigenvalue weighted by molar-refractivity contribution is 0.0701. The van der Waals surface area contributed by atoms with Crippen molar-refractivity contribution in [2.75, 3.05) is 13.3 Å². The van der Waals surface area contributed by atoms with Gasteiger partial charge in [-0.2, -0.15) is 0 Å². The second-order valence-corrected chi connectivity index (χ2v) is 8.50. The number of carbonyl (C=O) groups is 2. The van der Waals surface area contributed by atoms with Crippen LogP contribution in [-0.4, -0.2) is 43.6 Å². The molecule has 24 heavy (non-hydrogen) atoms. The highest BCUT2D eigenvalue weighted by Crippen LogP contribution is 2.25. The summed E-state index contributed by atoms with van der Waals surface area (Å²) in [5, 5.41) is 8.93. The van der Waals surface area contributed by atoms with E-state index in [4.69, 9.17) is 5.11 Å².